The van der Waals surface area contributed by atoms with E-state index in [1.807, 2.05) is 71.2 Å². The van der Waals surface area contributed by atoms with Crippen LogP contribution in [0, 0.1) is 5.92 Å². The standard InChI is InChI=1S/C49H55N11O6/c1-55(32-33-7-11-36(12-8-33)56-27-29-58(30-28-56)48(64)40-16-13-37(31-52-40)59-26-20-42(61)53-49(59)65)23-21-43(62)57-24-18-34(19-25-57)41-17-22-51-47-44(46(50)63)45(54-60(41)47)35-9-14-39(15-10-35)66-38-5-3-2-4-6-38/h2-16,31,34,41,51H,17-30,32H2,1H3,(H2,50,63)(H,53,61,65)/t41-/m0/s1. The molecular weight excluding hydrogens is 839 g/mol. The van der Waals surface area contributed by atoms with Crippen molar-refractivity contribution in [3.05, 3.63) is 114 Å². The molecule has 4 aliphatic rings. The Balaban J connectivity index is 0.718. The maximum absolute atomic E-state index is 13.5. The number of benzene rings is 3. The second-order valence-corrected chi connectivity index (χ2v) is 17.4. The summed E-state index contributed by atoms with van der Waals surface area (Å²) >= 11 is 0. The molecule has 0 bridgehead atoms. The van der Waals surface area contributed by atoms with Crippen molar-refractivity contribution >= 4 is 46.9 Å². The van der Waals surface area contributed by atoms with Crippen molar-refractivity contribution in [3.63, 3.8) is 0 Å². The van der Waals surface area contributed by atoms with Gasteiger partial charge in [0.1, 0.15) is 34.3 Å². The summed E-state index contributed by atoms with van der Waals surface area (Å²) in [6.07, 6.45) is 4.73. The van der Waals surface area contributed by atoms with E-state index < -0.39 is 11.9 Å². The van der Waals surface area contributed by atoms with E-state index in [1.54, 1.807) is 17.0 Å². The van der Waals surface area contributed by atoms with Crippen LogP contribution in [0.1, 0.15) is 64.6 Å². The van der Waals surface area contributed by atoms with Gasteiger partial charge in [0, 0.05) is 89.5 Å². The van der Waals surface area contributed by atoms with Gasteiger partial charge in [-0.3, -0.25) is 29.4 Å². The lowest BCUT2D eigenvalue weighted by molar-refractivity contribution is -0.133. The van der Waals surface area contributed by atoms with E-state index in [4.69, 9.17) is 15.6 Å². The molecule has 1 atom stereocenters. The fourth-order valence-electron chi connectivity index (χ4n) is 9.47. The second kappa shape index (κ2) is 19.5. The second-order valence-electron chi connectivity index (χ2n) is 17.4. The summed E-state index contributed by atoms with van der Waals surface area (Å²) in [5.41, 5.74) is 10.8. The van der Waals surface area contributed by atoms with Crippen molar-refractivity contribution in [1.82, 2.24) is 34.8 Å². The minimum absolute atomic E-state index is 0.0821. The maximum Gasteiger partial charge on any atom is 0.328 e. The van der Waals surface area contributed by atoms with Crippen molar-refractivity contribution in [2.45, 2.75) is 44.7 Å². The highest BCUT2D eigenvalue weighted by atomic mass is 16.5. The van der Waals surface area contributed by atoms with Crippen molar-refractivity contribution in [3.8, 4) is 22.8 Å². The molecule has 3 aromatic carbocycles. The Kier molecular flexibility index (Phi) is 13.0. The predicted molar refractivity (Wildman–Crippen MR) is 249 cm³/mol. The highest BCUT2D eigenvalue weighted by molar-refractivity contribution is 6.06. The molecule has 2 aromatic heterocycles. The Labute approximate surface area is 383 Å². The third-order valence-corrected chi connectivity index (χ3v) is 13.1. The number of piperidine rings is 1. The average molecular weight is 894 g/mol. The lowest BCUT2D eigenvalue weighted by Crippen LogP contribution is -2.50. The van der Waals surface area contributed by atoms with Crippen LogP contribution >= 0.6 is 0 Å². The molecule has 5 aromatic rings. The molecule has 0 saturated carbocycles. The van der Waals surface area contributed by atoms with E-state index in [-0.39, 0.29) is 36.7 Å². The summed E-state index contributed by atoms with van der Waals surface area (Å²) in [5.74, 6) is 1.55. The average Bonchev–Trinajstić information content (AvgIpc) is 3.75. The number of carbonyl (C=O) groups excluding carboxylic acids is 5. The number of ether oxygens (including phenoxy) is 1. The molecule has 342 valence electrons. The highest BCUT2D eigenvalue weighted by Gasteiger charge is 2.36. The molecule has 66 heavy (non-hydrogen) atoms. The van der Waals surface area contributed by atoms with E-state index in [1.165, 1.54) is 11.1 Å². The van der Waals surface area contributed by atoms with E-state index in [0.717, 1.165) is 41.8 Å². The number of piperazine rings is 1. The number of nitrogens with zero attached hydrogens (tertiary/aromatic N) is 8. The number of nitrogens with one attached hydrogen (secondary N) is 2. The lowest BCUT2D eigenvalue weighted by Gasteiger charge is -2.38. The van der Waals surface area contributed by atoms with Crippen molar-refractivity contribution in [2.75, 3.05) is 81.1 Å². The summed E-state index contributed by atoms with van der Waals surface area (Å²) in [4.78, 5) is 77.2. The van der Waals surface area contributed by atoms with Gasteiger partial charge in [-0.25, -0.2) is 14.5 Å². The van der Waals surface area contributed by atoms with Gasteiger partial charge in [0.2, 0.25) is 11.8 Å². The van der Waals surface area contributed by atoms with Gasteiger partial charge < -0.3 is 35.4 Å². The number of carbonyl (C=O) groups is 5. The fraction of sp³-hybridized carbons (Fsp3) is 0.367. The predicted octanol–water partition coefficient (Wildman–Crippen LogP) is 5.36. The topological polar surface area (TPSA) is 192 Å². The molecule has 6 heterocycles. The van der Waals surface area contributed by atoms with Gasteiger partial charge in [-0.05, 0) is 98.5 Å². The van der Waals surface area contributed by atoms with Crippen LogP contribution in [-0.2, 0) is 16.1 Å². The van der Waals surface area contributed by atoms with E-state index in [9.17, 15) is 24.0 Å². The fourth-order valence-corrected chi connectivity index (χ4v) is 9.47. The Morgan fingerprint density at radius 2 is 1.52 bits per heavy atom. The molecule has 0 radical (unpaired) electrons. The zero-order valence-corrected chi connectivity index (χ0v) is 37.1. The molecule has 0 spiro atoms. The normalized spacial score (nSPS) is 17.9. The molecule has 3 fully saturated rings. The minimum Gasteiger partial charge on any atom is -0.457 e. The van der Waals surface area contributed by atoms with Gasteiger partial charge in [-0.2, -0.15) is 5.10 Å². The van der Waals surface area contributed by atoms with Crippen molar-refractivity contribution < 1.29 is 28.7 Å². The monoisotopic (exact) mass is 893 g/mol. The maximum atomic E-state index is 13.5. The third-order valence-electron chi connectivity index (χ3n) is 13.1. The van der Waals surface area contributed by atoms with Gasteiger partial charge in [-0.15, -0.1) is 0 Å². The largest absolute Gasteiger partial charge is 0.457 e. The third kappa shape index (κ3) is 9.71. The summed E-state index contributed by atoms with van der Waals surface area (Å²) in [5, 5.41) is 10.7. The molecule has 6 amide bonds. The first-order valence-corrected chi connectivity index (χ1v) is 22.7. The van der Waals surface area contributed by atoms with Crippen LogP contribution in [0.2, 0.25) is 0 Å². The molecule has 17 nitrogen and oxygen atoms in total. The number of rotatable bonds is 13. The molecule has 4 N–H and O–H groups in total. The first-order valence-electron chi connectivity index (χ1n) is 22.7. The number of urea groups is 1. The SMILES string of the molecule is CN(CCC(=O)N1CCC([C@@H]2CCNc3c(C(N)=O)c(-c4ccc(Oc5ccccc5)cc4)nn32)CC1)Cc1ccc(N2CCN(C(=O)c3ccc(N4CCC(=O)NC4=O)cn3)CC2)cc1. The van der Waals surface area contributed by atoms with Crippen LogP contribution in [0.5, 0.6) is 11.5 Å². The Bertz CT molecular complexity index is 2550. The van der Waals surface area contributed by atoms with E-state index in [2.05, 4.69) is 49.7 Å². The molecule has 4 aliphatic heterocycles. The first kappa shape index (κ1) is 44.0. The van der Waals surface area contributed by atoms with Crippen molar-refractivity contribution in [1.29, 1.82) is 0 Å². The zero-order chi connectivity index (χ0) is 45.7. The van der Waals surface area contributed by atoms with Gasteiger partial charge in [-0.1, -0.05) is 30.3 Å². The number of pyridine rings is 1. The van der Waals surface area contributed by atoms with Gasteiger partial charge in [0.25, 0.3) is 11.8 Å². The highest BCUT2D eigenvalue weighted by Crippen LogP contribution is 2.40. The molecular formula is C49H55N11O6. The van der Waals surface area contributed by atoms with Gasteiger partial charge >= 0.3 is 6.03 Å². The smallest absolute Gasteiger partial charge is 0.328 e. The van der Waals surface area contributed by atoms with Crippen LogP contribution in [0.25, 0.3) is 11.3 Å². The molecule has 0 aliphatic carbocycles. The number of primary amides is 1. The number of hydrogen-bond donors (Lipinski definition) is 3. The summed E-state index contributed by atoms with van der Waals surface area (Å²) in [6, 6.07) is 28.5. The Morgan fingerprint density at radius 1 is 0.803 bits per heavy atom. The Hall–Kier alpha value is -7.27. The Morgan fingerprint density at radius 3 is 2.20 bits per heavy atom. The number of aromatic nitrogens is 3. The quantitative estimate of drug-likeness (QED) is 0.138. The van der Waals surface area contributed by atoms with Gasteiger partial charge in [0.15, 0.2) is 0 Å². The number of nitrogens with two attached hydrogens (primary N) is 1. The zero-order valence-electron chi connectivity index (χ0n) is 37.1. The van der Waals surface area contributed by atoms with Crippen LogP contribution in [0.4, 0.5) is 22.0 Å². The summed E-state index contributed by atoms with van der Waals surface area (Å²) in [7, 11) is 2.04. The molecule has 3 saturated heterocycles. The first-order chi connectivity index (χ1) is 32.1. The van der Waals surface area contributed by atoms with Crippen LogP contribution < -0.4 is 30.9 Å². The van der Waals surface area contributed by atoms with Gasteiger partial charge in [0.05, 0.1) is 17.9 Å². The van der Waals surface area contributed by atoms with Crippen LogP contribution in [0.3, 0.4) is 0 Å². The molecule has 0 unspecified atom stereocenters. The van der Waals surface area contributed by atoms with E-state index >= 15 is 0 Å². The number of hydrogen-bond acceptors (Lipinski definition) is 11. The van der Waals surface area contributed by atoms with Crippen molar-refractivity contribution in [2.24, 2.45) is 11.7 Å². The molecule has 9 rings (SSSR count). The molecule has 17 heteroatoms. The van der Waals surface area contributed by atoms with Crippen LogP contribution in [-0.4, -0.2) is 125 Å². The number of likely N-dealkylation sites (tertiary alicyclic amines) is 1. The minimum atomic E-state index is -0.527. The van der Waals surface area contributed by atoms with E-state index in [0.29, 0.717) is 105 Å². The summed E-state index contributed by atoms with van der Waals surface area (Å²) in [6.45, 7) is 6.19. The number of fused-ring (bicyclic) bond motifs is 1. The number of anilines is 3. The lowest BCUT2D eigenvalue weighted by atomic mass is 9.86. The van der Waals surface area contributed by atoms with Crippen LogP contribution in [0.15, 0.2) is 97.2 Å². The number of imide groups is 1. The number of amides is 6. The number of para-hydroxylation sites is 1. The summed E-state index contributed by atoms with van der Waals surface area (Å²) < 4.78 is 7.94.